The Morgan fingerprint density at radius 3 is 2.56 bits per heavy atom. The van der Waals surface area contributed by atoms with Gasteiger partial charge in [-0.3, -0.25) is 14.6 Å². The molecule has 1 fully saturated rings. The first kappa shape index (κ1) is 17.1. The van der Waals surface area contributed by atoms with Crippen molar-refractivity contribution in [3.63, 3.8) is 0 Å². The molecule has 25 heavy (non-hydrogen) atoms. The lowest BCUT2D eigenvalue weighted by atomic mass is 9.83. The Hall–Kier alpha value is -2.73. The number of pyridine rings is 1. The van der Waals surface area contributed by atoms with E-state index in [2.05, 4.69) is 4.98 Å². The van der Waals surface area contributed by atoms with Gasteiger partial charge in [0.2, 0.25) is 0 Å². The molecule has 2 N–H and O–H groups in total. The van der Waals surface area contributed by atoms with Crippen molar-refractivity contribution in [2.24, 2.45) is 0 Å². The smallest absolute Gasteiger partial charge is 0.307 e. The second-order valence-electron chi connectivity index (χ2n) is 6.34. The summed E-state index contributed by atoms with van der Waals surface area (Å²) in [4.78, 5) is 29.0. The summed E-state index contributed by atoms with van der Waals surface area (Å²) in [6, 6.07) is 10.5. The third-order valence-corrected chi connectivity index (χ3v) is 4.61. The van der Waals surface area contributed by atoms with Crippen LogP contribution in [-0.4, -0.2) is 45.1 Å². The van der Waals surface area contributed by atoms with Crippen molar-refractivity contribution in [1.29, 1.82) is 0 Å². The van der Waals surface area contributed by atoms with Crippen LogP contribution in [0.4, 0.5) is 0 Å². The predicted molar refractivity (Wildman–Crippen MR) is 91.1 cm³/mol. The monoisotopic (exact) mass is 340 g/mol. The normalized spacial score (nSPS) is 16.4. The molecule has 1 aliphatic heterocycles. The zero-order valence-electron chi connectivity index (χ0n) is 13.8. The Morgan fingerprint density at radius 2 is 1.92 bits per heavy atom. The average molecular weight is 340 g/mol. The number of rotatable bonds is 4. The summed E-state index contributed by atoms with van der Waals surface area (Å²) in [5.41, 5.74) is 0.865. The Balaban J connectivity index is 1.70. The molecule has 6 nitrogen and oxygen atoms in total. The second-order valence-corrected chi connectivity index (χ2v) is 6.34. The van der Waals surface area contributed by atoms with E-state index in [1.54, 1.807) is 47.6 Å². The SMILES string of the molecule is O=C(O)Cc1cccc(C2(O)CCN(C(=O)c3cccnc3)CC2)c1. The summed E-state index contributed by atoms with van der Waals surface area (Å²) in [5, 5.41) is 19.9. The summed E-state index contributed by atoms with van der Waals surface area (Å²) in [6.45, 7) is 0.876. The first-order chi connectivity index (χ1) is 12.0. The number of carbonyl (C=O) groups excluding carboxylic acids is 1. The number of carboxylic acids is 1. The molecule has 0 atom stereocenters. The number of aromatic nitrogens is 1. The van der Waals surface area contributed by atoms with Crippen LogP contribution < -0.4 is 0 Å². The Kier molecular flexibility index (Phi) is 4.81. The molecule has 0 unspecified atom stereocenters. The van der Waals surface area contributed by atoms with E-state index in [1.165, 1.54) is 0 Å². The quantitative estimate of drug-likeness (QED) is 0.886. The van der Waals surface area contributed by atoms with Crippen molar-refractivity contribution >= 4 is 11.9 Å². The molecule has 1 amide bonds. The lowest BCUT2D eigenvalue weighted by molar-refractivity contribution is -0.136. The molecule has 1 aromatic carbocycles. The van der Waals surface area contributed by atoms with Crippen LogP contribution in [0.2, 0.25) is 0 Å². The Bertz CT molecular complexity index is 768. The zero-order valence-corrected chi connectivity index (χ0v) is 13.8. The van der Waals surface area contributed by atoms with Gasteiger partial charge in [-0.05, 0) is 36.1 Å². The predicted octanol–water partition coefficient (Wildman–Crippen LogP) is 1.83. The number of likely N-dealkylation sites (tertiary alicyclic amines) is 1. The fourth-order valence-corrected chi connectivity index (χ4v) is 3.19. The van der Waals surface area contributed by atoms with Gasteiger partial charge in [-0.2, -0.15) is 0 Å². The average Bonchev–Trinajstić information content (AvgIpc) is 2.62. The molecular weight excluding hydrogens is 320 g/mol. The number of benzene rings is 1. The molecule has 6 heteroatoms. The number of nitrogens with zero attached hydrogens (tertiary/aromatic N) is 2. The molecule has 2 heterocycles. The van der Waals surface area contributed by atoms with Crippen LogP contribution >= 0.6 is 0 Å². The first-order valence-corrected chi connectivity index (χ1v) is 8.21. The second kappa shape index (κ2) is 7.03. The van der Waals surface area contributed by atoms with Crippen LogP contribution in [-0.2, 0) is 16.8 Å². The Labute approximate surface area is 145 Å². The van der Waals surface area contributed by atoms with E-state index < -0.39 is 11.6 Å². The molecule has 1 aromatic heterocycles. The van der Waals surface area contributed by atoms with Crippen LogP contribution in [0, 0.1) is 0 Å². The van der Waals surface area contributed by atoms with E-state index in [0.29, 0.717) is 42.6 Å². The van der Waals surface area contributed by atoms with Crippen molar-refractivity contribution in [2.75, 3.05) is 13.1 Å². The molecule has 0 aliphatic carbocycles. The number of amides is 1. The summed E-state index contributed by atoms with van der Waals surface area (Å²) in [7, 11) is 0. The minimum Gasteiger partial charge on any atom is -0.481 e. The van der Waals surface area contributed by atoms with Crippen molar-refractivity contribution in [3.05, 3.63) is 65.5 Å². The van der Waals surface area contributed by atoms with Crippen LogP contribution in [0.3, 0.4) is 0 Å². The highest BCUT2D eigenvalue weighted by Crippen LogP contribution is 2.33. The van der Waals surface area contributed by atoms with Gasteiger partial charge in [0.1, 0.15) is 0 Å². The molecule has 0 saturated carbocycles. The van der Waals surface area contributed by atoms with Crippen molar-refractivity contribution in [2.45, 2.75) is 24.9 Å². The van der Waals surface area contributed by atoms with Gasteiger partial charge in [-0.1, -0.05) is 24.3 Å². The molecule has 0 bridgehead atoms. The highest BCUT2D eigenvalue weighted by molar-refractivity contribution is 5.93. The maximum atomic E-state index is 12.5. The largest absolute Gasteiger partial charge is 0.481 e. The van der Waals surface area contributed by atoms with E-state index in [0.717, 1.165) is 0 Å². The van der Waals surface area contributed by atoms with Crippen LogP contribution in [0.1, 0.15) is 34.3 Å². The maximum absolute atomic E-state index is 12.5. The van der Waals surface area contributed by atoms with Crippen LogP contribution in [0.5, 0.6) is 0 Å². The maximum Gasteiger partial charge on any atom is 0.307 e. The minimum atomic E-state index is -1.04. The molecule has 0 radical (unpaired) electrons. The molecule has 2 aromatic rings. The topological polar surface area (TPSA) is 90.7 Å². The highest BCUT2D eigenvalue weighted by Gasteiger charge is 2.35. The number of piperidine rings is 1. The van der Waals surface area contributed by atoms with Gasteiger partial charge in [-0.15, -0.1) is 0 Å². The number of aliphatic carboxylic acids is 1. The number of aliphatic hydroxyl groups is 1. The van der Waals surface area contributed by atoms with Gasteiger partial charge >= 0.3 is 5.97 Å². The van der Waals surface area contributed by atoms with E-state index in [4.69, 9.17) is 5.11 Å². The first-order valence-electron chi connectivity index (χ1n) is 8.21. The fourth-order valence-electron chi connectivity index (χ4n) is 3.19. The number of hydrogen-bond donors (Lipinski definition) is 2. The van der Waals surface area contributed by atoms with Gasteiger partial charge in [0, 0.05) is 25.5 Å². The van der Waals surface area contributed by atoms with Gasteiger partial charge < -0.3 is 15.1 Å². The molecule has 0 spiro atoms. The van der Waals surface area contributed by atoms with Gasteiger partial charge in [0.15, 0.2) is 0 Å². The number of hydrogen-bond acceptors (Lipinski definition) is 4. The van der Waals surface area contributed by atoms with Gasteiger partial charge in [-0.25, -0.2) is 0 Å². The summed E-state index contributed by atoms with van der Waals surface area (Å²) >= 11 is 0. The van der Waals surface area contributed by atoms with Crippen LogP contribution in [0.25, 0.3) is 0 Å². The lowest BCUT2D eigenvalue weighted by Gasteiger charge is -2.38. The van der Waals surface area contributed by atoms with Crippen molar-refractivity contribution in [3.8, 4) is 0 Å². The minimum absolute atomic E-state index is 0.0739. The van der Waals surface area contributed by atoms with E-state index in [9.17, 15) is 14.7 Å². The molecule has 1 saturated heterocycles. The molecular formula is C19H20N2O4. The van der Waals surface area contributed by atoms with E-state index in [-0.39, 0.29) is 12.3 Å². The standard InChI is InChI=1S/C19H20N2O4/c22-17(23)12-14-3-1-5-16(11-14)19(25)6-9-21(10-7-19)18(24)15-4-2-8-20-13-15/h1-5,8,11,13,25H,6-7,9-10,12H2,(H,22,23). The summed E-state index contributed by atoms with van der Waals surface area (Å²) < 4.78 is 0. The van der Waals surface area contributed by atoms with Crippen molar-refractivity contribution < 1.29 is 19.8 Å². The number of carboxylic acid groups (broad SMARTS) is 1. The Morgan fingerprint density at radius 1 is 1.16 bits per heavy atom. The highest BCUT2D eigenvalue weighted by atomic mass is 16.4. The summed E-state index contributed by atoms with van der Waals surface area (Å²) in [5.74, 6) is -0.990. The third-order valence-electron chi connectivity index (χ3n) is 4.61. The van der Waals surface area contributed by atoms with Crippen molar-refractivity contribution in [1.82, 2.24) is 9.88 Å². The molecule has 3 rings (SSSR count). The van der Waals surface area contributed by atoms with Crippen LogP contribution in [0.15, 0.2) is 48.8 Å². The number of carbonyl (C=O) groups is 2. The van der Waals surface area contributed by atoms with E-state index >= 15 is 0 Å². The van der Waals surface area contributed by atoms with Gasteiger partial charge in [0.25, 0.3) is 5.91 Å². The molecule has 130 valence electrons. The lowest BCUT2D eigenvalue weighted by Crippen LogP contribution is -2.45. The third kappa shape index (κ3) is 3.85. The molecule has 1 aliphatic rings. The fraction of sp³-hybridized carbons (Fsp3) is 0.316. The van der Waals surface area contributed by atoms with Gasteiger partial charge in [0.05, 0.1) is 17.6 Å². The summed E-state index contributed by atoms with van der Waals surface area (Å²) in [6.07, 6.45) is 3.91. The van der Waals surface area contributed by atoms with E-state index in [1.807, 2.05) is 6.07 Å². The zero-order chi connectivity index (χ0) is 17.9.